The van der Waals surface area contributed by atoms with Crippen LogP contribution in [0.2, 0.25) is 0 Å². The van der Waals surface area contributed by atoms with Crippen molar-refractivity contribution in [2.24, 2.45) is 0 Å². The standard InChI is InChI=1S/C27H29N5O2/c1-19(20-6-4-3-5-7-20)25-17-26(29-18-28-25)31-13-11-22(12-14-31)32-15-10-21-16-23(34-2)8-9-24(21)30-27(32)33/h3-9,16-18,22H,1,10-15H2,2H3,(H,30,33). The molecular formula is C27H29N5O2. The van der Waals surface area contributed by atoms with E-state index in [0.29, 0.717) is 6.54 Å². The Kier molecular flexibility index (Phi) is 6.16. The average molecular weight is 456 g/mol. The number of rotatable bonds is 5. The first-order valence-electron chi connectivity index (χ1n) is 11.7. The van der Waals surface area contributed by atoms with Crippen molar-refractivity contribution in [2.75, 3.05) is 37.0 Å². The first kappa shape index (κ1) is 21.9. The maximum Gasteiger partial charge on any atom is 0.322 e. The number of nitrogens with zero attached hydrogens (tertiary/aromatic N) is 4. The number of piperidine rings is 1. The summed E-state index contributed by atoms with van der Waals surface area (Å²) in [5.74, 6) is 1.72. The molecule has 1 aromatic heterocycles. The number of hydrogen-bond donors (Lipinski definition) is 1. The van der Waals surface area contributed by atoms with Crippen molar-refractivity contribution < 1.29 is 9.53 Å². The molecule has 3 aromatic rings. The van der Waals surface area contributed by atoms with Gasteiger partial charge in [0.1, 0.15) is 17.9 Å². The van der Waals surface area contributed by atoms with Crippen molar-refractivity contribution in [2.45, 2.75) is 25.3 Å². The van der Waals surface area contributed by atoms with Crippen LogP contribution in [0.15, 0.2) is 67.5 Å². The van der Waals surface area contributed by atoms with Crippen LogP contribution in [-0.4, -0.2) is 53.7 Å². The summed E-state index contributed by atoms with van der Waals surface area (Å²) in [5.41, 5.74) is 4.75. The third kappa shape index (κ3) is 4.46. The van der Waals surface area contributed by atoms with Gasteiger partial charge in [0, 0.05) is 43.0 Å². The summed E-state index contributed by atoms with van der Waals surface area (Å²) in [5, 5.41) is 3.09. The van der Waals surface area contributed by atoms with E-state index in [2.05, 4.69) is 26.8 Å². The van der Waals surface area contributed by atoms with E-state index in [1.54, 1.807) is 13.4 Å². The summed E-state index contributed by atoms with van der Waals surface area (Å²) in [6.07, 6.45) is 4.21. The van der Waals surface area contributed by atoms with Crippen LogP contribution in [0.5, 0.6) is 5.75 Å². The van der Waals surface area contributed by atoms with Crippen LogP contribution in [0, 0.1) is 0 Å². The molecule has 0 saturated carbocycles. The number of hydrogen-bond acceptors (Lipinski definition) is 5. The van der Waals surface area contributed by atoms with Gasteiger partial charge < -0.3 is 19.9 Å². The summed E-state index contributed by atoms with van der Waals surface area (Å²) in [6.45, 7) is 6.61. The Balaban J connectivity index is 1.24. The van der Waals surface area contributed by atoms with Crippen LogP contribution in [0.3, 0.4) is 0 Å². The smallest absolute Gasteiger partial charge is 0.322 e. The van der Waals surface area contributed by atoms with Crippen LogP contribution >= 0.6 is 0 Å². The van der Waals surface area contributed by atoms with Gasteiger partial charge in [0.05, 0.1) is 12.8 Å². The maximum absolute atomic E-state index is 13.0. The van der Waals surface area contributed by atoms with Gasteiger partial charge in [-0.25, -0.2) is 14.8 Å². The van der Waals surface area contributed by atoms with Gasteiger partial charge >= 0.3 is 6.03 Å². The zero-order chi connectivity index (χ0) is 23.5. The second-order valence-corrected chi connectivity index (χ2v) is 8.72. The summed E-state index contributed by atoms with van der Waals surface area (Å²) in [4.78, 5) is 26.2. The Morgan fingerprint density at radius 3 is 2.62 bits per heavy atom. The Bertz CT molecular complexity index is 1190. The van der Waals surface area contributed by atoms with Gasteiger partial charge in [0.25, 0.3) is 0 Å². The number of carbonyl (C=O) groups is 1. The summed E-state index contributed by atoms with van der Waals surface area (Å²) in [6, 6.07) is 18.1. The van der Waals surface area contributed by atoms with Gasteiger partial charge in [-0.2, -0.15) is 0 Å². The highest BCUT2D eigenvalue weighted by Crippen LogP contribution is 2.29. The zero-order valence-electron chi connectivity index (χ0n) is 19.4. The lowest BCUT2D eigenvalue weighted by Gasteiger charge is -2.38. The lowest BCUT2D eigenvalue weighted by Crippen LogP contribution is -2.49. The molecule has 0 unspecified atom stereocenters. The van der Waals surface area contributed by atoms with Crippen LogP contribution in [0.25, 0.3) is 5.57 Å². The molecule has 1 N–H and O–H groups in total. The van der Waals surface area contributed by atoms with Crippen LogP contribution in [0.1, 0.15) is 29.7 Å². The van der Waals surface area contributed by atoms with Gasteiger partial charge in [-0.15, -0.1) is 0 Å². The Hall–Kier alpha value is -3.87. The summed E-state index contributed by atoms with van der Waals surface area (Å²) >= 11 is 0. The number of anilines is 2. The maximum atomic E-state index is 13.0. The molecule has 2 aliphatic heterocycles. The molecule has 7 heteroatoms. The molecule has 0 radical (unpaired) electrons. The van der Waals surface area contributed by atoms with Crippen molar-refractivity contribution in [3.05, 3.63) is 84.3 Å². The van der Waals surface area contributed by atoms with E-state index in [1.165, 1.54) is 0 Å². The molecule has 7 nitrogen and oxygen atoms in total. The highest BCUT2D eigenvalue weighted by atomic mass is 16.5. The molecule has 0 atom stereocenters. The quantitative estimate of drug-likeness (QED) is 0.609. The third-order valence-electron chi connectivity index (χ3n) is 6.75. The van der Waals surface area contributed by atoms with E-state index in [1.807, 2.05) is 59.5 Å². The minimum atomic E-state index is -0.0224. The first-order valence-corrected chi connectivity index (χ1v) is 11.7. The van der Waals surface area contributed by atoms with E-state index >= 15 is 0 Å². The van der Waals surface area contributed by atoms with Crippen molar-refractivity contribution in [1.82, 2.24) is 14.9 Å². The molecule has 3 heterocycles. The van der Waals surface area contributed by atoms with Gasteiger partial charge in [0.2, 0.25) is 0 Å². The van der Waals surface area contributed by atoms with Crippen LogP contribution in [-0.2, 0) is 6.42 Å². The monoisotopic (exact) mass is 455 g/mol. The minimum Gasteiger partial charge on any atom is -0.497 e. The predicted octanol–water partition coefficient (Wildman–Crippen LogP) is 4.61. The Morgan fingerprint density at radius 2 is 1.85 bits per heavy atom. The largest absolute Gasteiger partial charge is 0.497 e. The minimum absolute atomic E-state index is 0.0224. The van der Waals surface area contributed by atoms with Crippen molar-refractivity contribution >= 4 is 23.1 Å². The van der Waals surface area contributed by atoms with Crippen molar-refractivity contribution in [3.8, 4) is 5.75 Å². The van der Waals surface area contributed by atoms with Crippen LogP contribution in [0.4, 0.5) is 16.3 Å². The van der Waals surface area contributed by atoms with Gasteiger partial charge in [-0.1, -0.05) is 36.9 Å². The average Bonchev–Trinajstić information content (AvgIpc) is 3.06. The van der Waals surface area contributed by atoms with E-state index < -0.39 is 0 Å². The molecule has 2 aliphatic rings. The number of carbonyl (C=O) groups excluding carboxylic acids is 1. The molecule has 1 fully saturated rings. The SMILES string of the molecule is C=C(c1ccccc1)c1cc(N2CCC(N3CCc4cc(OC)ccc4NC3=O)CC2)ncn1. The number of benzene rings is 2. The fourth-order valence-corrected chi connectivity index (χ4v) is 4.78. The fraction of sp³-hybridized carbons (Fsp3) is 0.296. The zero-order valence-corrected chi connectivity index (χ0v) is 19.4. The molecule has 2 aromatic carbocycles. The topological polar surface area (TPSA) is 70.6 Å². The Labute approximate surface area is 200 Å². The lowest BCUT2D eigenvalue weighted by atomic mass is 10.0. The number of nitrogens with one attached hydrogen (secondary N) is 1. The predicted molar refractivity (Wildman–Crippen MR) is 134 cm³/mol. The van der Waals surface area contributed by atoms with E-state index in [0.717, 1.165) is 72.0 Å². The number of urea groups is 1. The number of fused-ring (bicyclic) bond motifs is 1. The highest BCUT2D eigenvalue weighted by Gasteiger charge is 2.30. The second-order valence-electron chi connectivity index (χ2n) is 8.72. The molecule has 0 aliphatic carbocycles. The Morgan fingerprint density at radius 1 is 1.06 bits per heavy atom. The summed E-state index contributed by atoms with van der Waals surface area (Å²) < 4.78 is 5.35. The first-order chi connectivity index (χ1) is 16.6. The fourth-order valence-electron chi connectivity index (χ4n) is 4.78. The molecule has 5 rings (SSSR count). The molecular weight excluding hydrogens is 426 g/mol. The van der Waals surface area contributed by atoms with E-state index in [-0.39, 0.29) is 12.1 Å². The van der Waals surface area contributed by atoms with E-state index in [9.17, 15) is 4.79 Å². The third-order valence-corrected chi connectivity index (χ3v) is 6.75. The molecule has 34 heavy (non-hydrogen) atoms. The summed E-state index contributed by atoms with van der Waals surface area (Å²) in [7, 11) is 1.66. The molecule has 0 bridgehead atoms. The number of aromatic nitrogens is 2. The lowest BCUT2D eigenvalue weighted by molar-refractivity contribution is 0.177. The van der Waals surface area contributed by atoms with Gasteiger partial charge in [-0.3, -0.25) is 0 Å². The molecule has 174 valence electrons. The second kappa shape index (κ2) is 9.55. The molecule has 2 amide bonds. The van der Waals surface area contributed by atoms with Crippen LogP contribution < -0.4 is 15.0 Å². The van der Waals surface area contributed by atoms with Crippen molar-refractivity contribution in [1.29, 1.82) is 0 Å². The highest BCUT2D eigenvalue weighted by molar-refractivity contribution is 5.91. The molecule has 0 spiro atoms. The van der Waals surface area contributed by atoms with E-state index in [4.69, 9.17) is 4.74 Å². The van der Waals surface area contributed by atoms with Gasteiger partial charge in [-0.05, 0) is 48.6 Å². The van der Waals surface area contributed by atoms with Crippen molar-refractivity contribution in [3.63, 3.8) is 0 Å². The number of amides is 2. The molecule has 1 saturated heterocycles. The number of ether oxygens (including phenoxy) is 1. The normalized spacial score (nSPS) is 16.4. The van der Waals surface area contributed by atoms with Gasteiger partial charge in [0.15, 0.2) is 0 Å². The number of methoxy groups -OCH3 is 1.